The molecule has 2 aliphatic carbocycles. The Morgan fingerprint density at radius 2 is 1.92 bits per heavy atom. The number of allylic oxidation sites excluding steroid dienone is 4. The van der Waals surface area contributed by atoms with Crippen molar-refractivity contribution in [3.8, 4) is 0 Å². The average molecular weight is 345 g/mol. The average Bonchev–Trinajstić information content (AvgIpc) is 2.95. The summed E-state index contributed by atoms with van der Waals surface area (Å²) in [5.41, 5.74) is 2.04. The monoisotopic (exact) mass is 344 g/mol. The van der Waals surface area contributed by atoms with Crippen LogP contribution in [0, 0.1) is 28.6 Å². The SMILES string of the molecule is CC(C)=CC[C@H]1CC(C)=C2OC(C)(C)[C@@H]3CC[C@@]1(C)[C@]23C(=O)C(C)C. The van der Waals surface area contributed by atoms with Gasteiger partial charge in [0, 0.05) is 11.8 Å². The molecule has 1 saturated carbocycles. The third-order valence-corrected chi connectivity index (χ3v) is 7.50. The minimum Gasteiger partial charge on any atom is -0.491 e. The first-order valence-electron chi connectivity index (χ1n) is 10.1. The highest BCUT2D eigenvalue weighted by molar-refractivity contribution is 5.92. The smallest absolute Gasteiger partial charge is 0.150 e. The molecule has 0 amide bonds. The molecule has 2 fully saturated rings. The molecule has 25 heavy (non-hydrogen) atoms. The molecule has 1 saturated heterocycles. The normalized spacial score (nSPS) is 38.6. The lowest BCUT2D eigenvalue weighted by Gasteiger charge is -2.51. The van der Waals surface area contributed by atoms with Crippen molar-refractivity contribution in [2.45, 2.75) is 86.7 Å². The van der Waals surface area contributed by atoms with Crippen molar-refractivity contribution in [3.05, 3.63) is 23.0 Å². The molecule has 3 aliphatic rings. The van der Waals surface area contributed by atoms with Crippen LogP contribution in [0.4, 0.5) is 0 Å². The molecule has 0 aromatic heterocycles. The molecule has 4 atom stereocenters. The van der Waals surface area contributed by atoms with Gasteiger partial charge in [0.1, 0.15) is 17.1 Å². The highest BCUT2D eigenvalue weighted by Crippen LogP contribution is 2.74. The van der Waals surface area contributed by atoms with Crippen LogP contribution in [-0.2, 0) is 9.53 Å². The van der Waals surface area contributed by atoms with Crippen LogP contribution in [0.15, 0.2) is 23.0 Å². The molecule has 0 N–H and O–H groups in total. The lowest BCUT2D eigenvalue weighted by atomic mass is 9.49. The summed E-state index contributed by atoms with van der Waals surface area (Å²) in [5, 5.41) is 0. The summed E-state index contributed by atoms with van der Waals surface area (Å²) in [5.74, 6) is 2.34. The number of Topliss-reactive ketones (excluding diaryl/α,β-unsaturated/α-hetero) is 1. The summed E-state index contributed by atoms with van der Waals surface area (Å²) in [6.45, 7) is 17.5. The van der Waals surface area contributed by atoms with Crippen molar-refractivity contribution >= 4 is 5.78 Å². The fourth-order valence-corrected chi connectivity index (χ4v) is 6.34. The van der Waals surface area contributed by atoms with Gasteiger partial charge in [-0.1, -0.05) is 32.4 Å². The number of rotatable bonds is 4. The first-order valence-corrected chi connectivity index (χ1v) is 10.1. The van der Waals surface area contributed by atoms with Gasteiger partial charge in [0.05, 0.1) is 5.41 Å². The zero-order chi connectivity index (χ0) is 18.8. The van der Waals surface area contributed by atoms with Crippen molar-refractivity contribution in [1.82, 2.24) is 0 Å². The van der Waals surface area contributed by atoms with Gasteiger partial charge in [-0.15, -0.1) is 0 Å². The Bertz CT molecular complexity index is 647. The van der Waals surface area contributed by atoms with Gasteiger partial charge in [0.25, 0.3) is 0 Å². The predicted molar refractivity (Wildman–Crippen MR) is 103 cm³/mol. The van der Waals surface area contributed by atoms with E-state index >= 15 is 0 Å². The maximum Gasteiger partial charge on any atom is 0.150 e. The Morgan fingerprint density at radius 3 is 2.48 bits per heavy atom. The lowest BCUT2D eigenvalue weighted by molar-refractivity contribution is -0.141. The van der Waals surface area contributed by atoms with Crippen LogP contribution in [0.25, 0.3) is 0 Å². The van der Waals surface area contributed by atoms with Gasteiger partial charge in [-0.3, -0.25) is 4.79 Å². The van der Waals surface area contributed by atoms with E-state index in [-0.39, 0.29) is 16.9 Å². The third-order valence-electron chi connectivity index (χ3n) is 7.50. The predicted octanol–water partition coefficient (Wildman–Crippen LogP) is 6.07. The summed E-state index contributed by atoms with van der Waals surface area (Å²) >= 11 is 0. The van der Waals surface area contributed by atoms with Gasteiger partial charge >= 0.3 is 0 Å². The fraction of sp³-hybridized carbons (Fsp3) is 0.783. The lowest BCUT2D eigenvalue weighted by Crippen LogP contribution is -2.54. The van der Waals surface area contributed by atoms with Gasteiger partial charge in [-0.2, -0.15) is 0 Å². The third kappa shape index (κ3) is 2.32. The molecular formula is C23H36O2. The van der Waals surface area contributed by atoms with E-state index in [9.17, 15) is 4.79 Å². The number of ketones is 1. The van der Waals surface area contributed by atoms with E-state index in [1.807, 2.05) is 0 Å². The van der Waals surface area contributed by atoms with Crippen LogP contribution in [0.1, 0.15) is 81.1 Å². The van der Waals surface area contributed by atoms with Crippen molar-refractivity contribution in [2.75, 3.05) is 0 Å². The van der Waals surface area contributed by atoms with E-state index in [0.29, 0.717) is 17.6 Å². The Morgan fingerprint density at radius 1 is 1.28 bits per heavy atom. The second-order valence-electron chi connectivity index (χ2n) is 10.1. The Labute approximate surface area is 154 Å². The van der Waals surface area contributed by atoms with Gasteiger partial charge < -0.3 is 4.74 Å². The largest absolute Gasteiger partial charge is 0.491 e. The Balaban J connectivity index is 2.22. The van der Waals surface area contributed by atoms with E-state index in [1.165, 1.54) is 11.1 Å². The van der Waals surface area contributed by atoms with Gasteiger partial charge in [0.2, 0.25) is 0 Å². The molecular weight excluding hydrogens is 308 g/mol. The summed E-state index contributed by atoms with van der Waals surface area (Å²) in [6.07, 6.45) is 6.75. The number of carbonyl (C=O) groups is 1. The highest BCUT2D eigenvalue weighted by Gasteiger charge is 2.75. The topological polar surface area (TPSA) is 26.3 Å². The minimum atomic E-state index is -0.410. The van der Waals surface area contributed by atoms with Crippen LogP contribution in [0.5, 0.6) is 0 Å². The zero-order valence-corrected chi connectivity index (χ0v) is 17.5. The molecule has 0 radical (unpaired) electrons. The van der Waals surface area contributed by atoms with Gasteiger partial charge in [-0.25, -0.2) is 0 Å². The van der Waals surface area contributed by atoms with E-state index in [0.717, 1.165) is 31.4 Å². The maximum absolute atomic E-state index is 13.8. The Kier molecular flexibility index (Phi) is 4.29. The summed E-state index contributed by atoms with van der Waals surface area (Å²) in [4.78, 5) is 13.8. The number of carbonyl (C=O) groups excluding carboxylic acids is 1. The van der Waals surface area contributed by atoms with E-state index in [2.05, 4.69) is 61.5 Å². The van der Waals surface area contributed by atoms with E-state index in [1.54, 1.807) is 0 Å². The maximum atomic E-state index is 13.8. The van der Waals surface area contributed by atoms with Crippen molar-refractivity contribution in [2.24, 2.45) is 28.6 Å². The molecule has 2 heteroatoms. The molecule has 3 rings (SSSR count). The van der Waals surface area contributed by atoms with Crippen LogP contribution in [0.3, 0.4) is 0 Å². The van der Waals surface area contributed by atoms with E-state index < -0.39 is 5.41 Å². The summed E-state index contributed by atoms with van der Waals surface area (Å²) in [6, 6.07) is 0. The first kappa shape index (κ1) is 18.7. The number of hydrogen-bond donors (Lipinski definition) is 0. The Hall–Kier alpha value is -1.05. The molecule has 1 heterocycles. The van der Waals surface area contributed by atoms with Gasteiger partial charge in [0.15, 0.2) is 0 Å². The van der Waals surface area contributed by atoms with Gasteiger partial charge in [-0.05, 0) is 77.2 Å². The second-order valence-corrected chi connectivity index (χ2v) is 10.1. The molecule has 140 valence electrons. The molecule has 0 aromatic carbocycles. The van der Waals surface area contributed by atoms with Crippen molar-refractivity contribution in [1.29, 1.82) is 0 Å². The molecule has 0 bridgehead atoms. The van der Waals surface area contributed by atoms with Crippen molar-refractivity contribution in [3.63, 3.8) is 0 Å². The molecule has 0 unspecified atom stereocenters. The zero-order valence-electron chi connectivity index (χ0n) is 17.5. The van der Waals surface area contributed by atoms with Crippen LogP contribution in [-0.4, -0.2) is 11.4 Å². The van der Waals surface area contributed by atoms with Crippen LogP contribution in [0.2, 0.25) is 0 Å². The molecule has 1 aliphatic heterocycles. The summed E-state index contributed by atoms with van der Waals surface area (Å²) < 4.78 is 6.56. The molecule has 0 spiro atoms. The van der Waals surface area contributed by atoms with Crippen LogP contribution < -0.4 is 0 Å². The number of ether oxygens (including phenoxy) is 1. The summed E-state index contributed by atoms with van der Waals surface area (Å²) in [7, 11) is 0. The fourth-order valence-electron chi connectivity index (χ4n) is 6.34. The minimum absolute atomic E-state index is 0.00752. The first-order chi connectivity index (χ1) is 11.5. The molecule has 2 nitrogen and oxygen atoms in total. The van der Waals surface area contributed by atoms with Crippen molar-refractivity contribution < 1.29 is 9.53 Å². The highest BCUT2D eigenvalue weighted by atomic mass is 16.5. The number of hydrogen-bond acceptors (Lipinski definition) is 2. The molecule has 0 aromatic rings. The van der Waals surface area contributed by atoms with Crippen LogP contribution >= 0.6 is 0 Å². The standard InChI is InChI=1S/C23H36O2/c1-14(2)9-10-17-13-16(5)20-23(19(24)15(3)4)18(21(6,7)25-20)11-12-22(17,23)8/h9,15,17-18H,10-13H2,1-8H3/t17-,18-,22+,23+/m0/s1. The van der Waals surface area contributed by atoms with E-state index in [4.69, 9.17) is 4.74 Å². The second kappa shape index (κ2) is 5.72. The quantitative estimate of drug-likeness (QED) is 0.578.